The summed E-state index contributed by atoms with van der Waals surface area (Å²) in [6.45, 7) is 5.65. The number of aromatic nitrogens is 1. The number of rotatable bonds is 9. The summed E-state index contributed by atoms with van der Waals surface area (Å²) in [5.74, 6) is 0. The van der Waals surface area contributed by atoms with Gasteiger partial charge < -0.3 is 4.74 Å². The topological polar surface area (TPSA) is 46.5 Å². The number of unbranched alkanes of at least 4 members (excludes halogenated alkanes) is 2. The highest BCUT2D eigenvalue weighted by molar-refractivity contribution is 7.13. The summed E-state index contributed by atoms with van der Waals surface area (Å²) in [5.41, 5.74) is 6.17. The van der Waals surface area contributed by atoms with Crippen LogP contribution in [-0.4, -0.2) is 17.8 Å². The standard InChI is InChI=1S/C17H23N3OS/c1-3-4-5-9-21-12-16-8-6-7-15(10-16)11-18-20-17-19-14(2)13-22-17/h6-8,10-11,13H,3-5,9,12H2,1-2H3,(H,19,20). The second kappa shape index (κ2) is 9.33. The van der Waals surface area contributed by atoms with Crippen LogP contribution in [0.1, 0.15) is 43.0 Å². The molecule has 0 unspecified atom stereocenters. The largest absolute Gasteiger partial charge is 0.377 e. The smallest absolute Gasteiger partial charge is 0.203 e. The minimum atomic E-state index is 0.657. The number of benzene rings is 1. The maximum absolute atomic E-state index is 5.68. The van der Waals surface area contributed by atoms with Crippen molar-refractivity contribution in [3.05, 3.63) is 46.5 Å². The van der Waals surface area contributed by atoms with Gasteiger partial charge in [-0.05, 0) is 30.5 Å². The second-order valence-electron chi connectivity index (χ2n) is 5.17. The molecule has 0 bridgehead atoms. The summed E-state index contributed by atoms with van der Waals surface area (Å²) in [7, 11) is 0. The molecule has 0 aliphatic heterocycles. The molecular weight excluding hydrogens is 294 g/mol. The van der Waals surface area contributed by atoms with E-state index in [1.807, 2.05) is 24.4 Å². The first-order valence-corrected chi connectivity index (χ1v) is 8.54. The van der Waals surface area contributed by atoms with Crippen molar-refractivity contribution in [1.29, 1.82) is 0 Å². The van der Waals surface area contributed by atoms with E-state index in [1.54, 1.807) is 17.6 Å². The van der Waals surface area contributed by atoms with Crippen LogP contribution in [0.4, 0.5) is 5.13 Å². The second-order valence-corrected chi connectivity index (χ2v) is 6.03. The fourth-order valence-corrected chi connectivity index (χ4v) is 2.61. The number of hydrogen-bond acceptors (Lipinski definition) is 5. The Morgan fingerprint density at radius 1 is 1.36 bits per heavy atom. The highest BCUT2D eigenvalue weighted by atomic mass is 32.1. The lowest BCUT2D eigenvalue weighted by Crippen LogP contribution is -1.96. The Bertz CT molecular complexity index is 595. The van der Waals surface area contributed by atoms with E-state index in [9.17, 15) is 0 Å². The first kappa shape index (κ1) is 16.6. The van der Waals surface area contributed by atoms with E-state index in [0.29, 0.717) is 6.61 Å². The molecule has 1 aromatic heterocycles. The number of nitrogens with one attached hydrogen (secondary N) is 1. The van der Waals surface area contributed by atoms with Crippen LogP contribution < -0.4 is 5.43 Å². The molecule has 0 radical (unpaired) electrons. The molecule has 4 nitrogen and oxygen atoms in total. The number of anilines is 1. The molecule has 5 heteroatoms. The maximum atomic E-state index is 5.68. The number of ether oxygens (including phenoxy) is 1. The van der Waals surface area contributed by atoms with Crippen LogP contribution in [0, 0.1) is 6.92 Å². The van der Waals surface area contributed by atoms with Gasteiger partial charge in [0.1, 0.15) is 0 Å². The average molecular weight is 317 g/mol. The van der Waals surface area contributed by atoms with E-state index >= 15 is 0 Å². The van der Waals surface area contributed by atoms with Crippen molar-refractivity contribution in [2.45, 2.75) is 39.7 Å². The van der Waals surface area contributed by atoms with Crippen LogP contribution >= 0.6 is 11.3 Å². The van der Waals surface area contributed by atoms with Crippen molar-refractivity contribution in [2.75, 3.05) is 12.0 Å². The lowest BCUT2D eigenvalue weighted by molar-refractivity contribution is 0.117. The molecule has 0 spiro atoms. The molecule has 1 heterocycles. The molecule has 118 valence electrons. The highest BCUT2D eigenvalue weighted by Gasteiger charge is 1.97. The molecule has 1 N–H and O–H groups in total. The van der Waals surface area contributed by atoms with E-state index in [2.05, 4.69) is 34.6 Å². The fourth-order valence-electron chi connectivity index (χ4n) is 1.97. The van der Waals surface area contributed by atoms with Gasteiger partial charge in [0, 0.05) is 12.0 Å². The highest BCUT2D eigenvalue weighted by Crippen LogP contribution is 2.14. The van der Waals surface area contributed by atoms with E-state index in [4.69, 9.17) is 4.74 Å². The molecule has 1 aromatic carbocycles. The van der Waals surface area contributed by atoms with Crippen LogP contribution in [0.2, 0.25) is 0 Å². The molecule has 0 saturated heterocycles. The third-order valence-corrected chi connectivity index (χ3v) is 3.97. The third kappa shape index (κ3) is 5.95. The summed E-state index contributed by atoms with van der Waals surface area (Å²) in [6.07, 6.45) is 5.39. The number of nitrogens with zero attached hydrogens (tertiary/aromatic N) is 2. The van der Waals surface area contributed by atoms with Gasteiger partial charge in [-0.15, -0.1) is 11.3 Å². The molecule has 2 rings (SSSR count). The van der Waals surface area contributed by atoms with Crippen LogP contribution in [0.25, 0.3) is 0 Å². The quantitative estimate of drug-likeness (QED) is 0.417. The summed E-state index contributed by atoms with van der Waals surface area (Å²) in [6, 6.07) is 8.23. The number of thiazole rings is 1. The van der Waals surface area contributed by atoms with Gasteiger partial charge in [0.25, 0.3) is 0 Å². The summed E-state index contributed by atoms with van der Waals surface area (Å²) >= 11 is 1.55. The van der Waals surface area contributed by atoms with Crippen LogP contribution in [0.5, 0.6) is 0 Å². The lowest BCUT2D eigenvalue weighted by Gasteiger charge is -2.04. The molecule has 0 aliphatic rings. The summed E-state index contributed by atoms with van der Waals surface area (Å²) < 4.78 is 5.68. The zero-order valence-corrected chi connectivity index (χ0v) is 14.0. The normalized spacial score (nSPS) is 11.2. The van der Waals surface area contributed by atoms with Crippen LogP contribution in [-0.2, 0) is 11.3 Å². The Balaban J connectivity index is 1.80. The SMILES string of the molecule is CCCCCOCc1cccc(C=NNc2nc(C)cs2)c1. The van der Waals surface area contributed by atoms with Crippen molar-refractivity contribution < 1.29 is 4.74 Å². The minimum absolute atomic E-state index is 0.657. The van der Waals surface area contributed by atoms with Crippen molar-refractivity contribution in [3.8, 4) is 0 Å². The predicted octanol–water partition coefficient (Wildman–Crippen LogP) is 4.60. The van der Waals surface area contributed by atoms with Gasteiger partial charge in [0.05, 0.1) is 18.5 Å². The van der Waals surface area contributed by atoms with Crippen molar-refractivity contribution in [3.63, 3.8) is 0 Å². The van der Waals surface area contributed by atoms with E-state index in [0.717, 1.165) is 29.4 Å². The molecule has 2 aromatic rings. The Morgan fingerprint density at radius 3 is 3.05 bits per heavy atom. The van der Waals surface area contributed by atoms with Gasteiger partial charge in [-0.25, -0.2) is 4.98 Å². The van der Waals surface area contributed by atoms with Crippen molar-refractivity contribution in [2.24, 2.45) is 5.10 Å². The molecule has 0 aliphatic carbocycles. The molecule has 22 heavy (non-hydrogen) atoms. The molecule has 0 amide bonds. The molecule has 0 atom stereocenters. The van der Waals surface area contributed by atoms with Crippen LogP contribution in [0.3, 0.4) is 0 Å². The fraction of sp³-hybridized carbons (Fsp3) is 0.412. The van der Waals surface area contributed by atoms with E-state index < -0.39 is 0 Å². The molecule has 0 fully saturated rings. The predicted molar refractivity (Wildman–Crippen MR) is 93.7 cm³/mol. The van der Waals surface area contributed by atoms with Crippen molar-refractivity contribution in [1.82, 2.24) is 4.98 Å². The van der Waals surface area contributed by atoms with E-state index in [1.165, 1.54) is 18.4 Å². The summed E-state index contributed by atoms with van der Waals surface area (Å²) in [4.78, 5) is 4.30. The van der Waals surface area contributed by atoms with Gasteiger partial charge in [0.15, 0.2) is 0 Å². The zero-order chi connectivity index (χ0) is 15.6. The Labute approximate surface area is 136 Å². The Kier molecular flexibility index (Phi) is 7.06. The van der Waals surface area contributed by atoms with Gasteiger partial charge in [-0.1, -0.05) is 38.0 Å². The minimum Gasteiger partial charge on any atom is -0.377 e. The van der Waals surface area contributed by atoms with Gasteiger partial charge in [-0.3, -0.25) is 5.43 Å². The molecular formula is C17H23N3OS. The van der Waals surface area contributed by atoms with Gasteiger partial charge >= 0.3 is 0 Å². The summed E-state index contributed by atoms with van der Waals surface area (Å²) in [5, 5.41) is 7.02. The monoisotopic (exact) mass is 317 g/mol. The van der Waals surface area contributed by atoms with Gasteiger partial charge in [0.2, 0.25) is 5.13 Å². The van der Waals surface area contributed by atoms with Gasteiger partial charge in [-0.2, -0.15) is 5.10 Å². The lowest BCUT2D eigenvalue weighted by atomic mass is 10.1. The zero-order valence-electron chi connectivity index (χ0n) is 13.2. The maximum Gasteiger partial charge on any atom is 0.203 e. The van der Waals surface area contributed by atoms with Crippen molar-refractivity contribution >= 4 is 22.7 Å². The average Bonchev–Trinajstić information content (AvgIpc) is 2.93. The Hall–Kier alpha value is -1.72. The number of aryl methyl sites for hydroxylation is 1. The first-order chi connectivity index (χ1) is 10.8. The van der Waals surface area contributed by atoms with Crippen LogP contribution in [0.15, 0.2) is 34.7 Å². The number of hydrogen-bond donors (Lipinski definition) is 1. The first-order valence-electron chi connectivity index (χ1n) is 7.66. The molecule has 0 saturated carbocycles. The van der Waals surface area contributed by atoms with E-state index in [-0.39, 0.29) is 0 Å². The third-order valence-electron chi connectivity index (χ3n) is 3.10. The Morgan fingerprint density at radius 2 is 2.27 bits per heavy atom. The number of hydrazone groups is 1.